The standard InChI is InChI=1S/C34H28N6O4/c41-30(42)17-21-12-14-23(15-13-21)40-19-22(37-38-40)7-5-6-16-39-20-27(25-9-2-4-11-29(25)39)32-31(33(43)36-34(32)44)26-18-35-28-10-3-1-8-24(26)28/h1-4,8-15,18-20,35H,5-7,16-17H2,(H,41,42)(H,36,43,44). The summed E-state index contributed by atoms with van der Waals surface area (Å²) in [4.78, 5) is 40.5. The number of nitrogens with zero attached hydrogens (tertiary/aromatic N) is 4. The van der Waals surface area contributed by atoms with Gasteiger partial charge in [0.15, 0.2) is 0 Å². The lowest BCUT2D eigenvalue weighted by Gasteiger charge is -2.04. The predicted octanol–water partition coefficient (Wildman–Crippen LogP) is 4.92. The van der Waals surface area contributed by atoms with Crippen molar-refractivity contribution in [2.45, 2.75) is 32.2 Å². The van der Waals surface area contributed by atoms with Crippen molar-refractivity contribution in [3.05, 3.63) is 114 Å². The van der Waals surface area contributed by atoms with Crippen LogP contribution in [0.3, 0.4) is 0 Å². The minimum atomic E-state index is -0.865. The molecule has 0 unspecified atom stereocenters. The number of carbonyl (C=O) groups is 3. The van der Waals surface area contributed by atoms with Crippen LogP contribution in [0.1, 0.15) is 35.2 Å². The Hall–Kier alpha value is -5.77. The largest absolute Gasteiger partial charge is 0.481 e. The maximum Gasteiger partial charge on any atom is 0.307 e. The highest BCUT2D eigenvalue weighted by Gasteiger charge is 2.35. The monoisotopic (exact) mass is 584 g/mol. The number of imide groups is 1. The van der Waals surface area contributed by atoms with E-state index in [0.29, 0.717) is 16.7 Å². The van der Waals surface area contributed by atoms with Crippen LogP contribution >= 0.6 is 0 Å². The van der Waals surface area contributed by atoms with Crippen LogP contribution in [0.5, 0.6) is 0 Å². The second-order valence-corrected chi connectivity index (χ2v) is 10.9. The topological polar surface area (TPSA) is 135 Å². The summed E-state index contributed by atoms with van der Waals surface area (Å²) in [5.74, 6) is -1.65. The van der Waals surface area contributed by atoms with Gasteiger partial charge in [0, 0.05) is 51.9 Å². The molecule has 0 bridgehead atoms. The SMILES string of the molecule is O=C(O)Cc1ccc(-n2cc(CCCCn3cc(C4=C(c5c[nH]c6ccccc56)C(=O)NC4=O)c4ccccc43)nn2)cc1. The number of aryl methyl sites for hydroxylation is 2. The first-order chi connectivity index (χ1) is 21.5. The van der Waals surface area contributed by atoms with E-state index < -0.39 is 17.8 Å². The van der Waals surface area contributed by atoms with Crippen LogP contribution in [0.4, 0.5) is 0 Å². The Morgan fingerprint density at radius 1 is 0.818 bits per heavy atom. The van der Waals surface area contributed by atoms with E-state index in [1.807, 2.05) is 73.1 Å². The van der Waals surface area contributed by atoms with Crippen LogP contribution in [-0.2, 0) is 33.8 Å². The summed E-state index contributed by atoms with van der Waals surface area (Å²) < 4.78 is 3.84. The first-order valence-corrected chi connectivity index (χ1v) is 14.4. The number of aromatic amines is 1. The van der Waals surface area contributed by atoms with Crippen molar-refractivity contribution in [1.29, 1.82) is 0 Å². The van der Waals surface area contributed by atoms with Crippen molar-refractivity contribution in [2.75, 3.05) is 0 Å². The number of H-pyrrole nitrogens is 1. The van der Waals surface area contributed by atoms with E-state index in [4.69, 9.17) is 5.11 Å². The molecule has 0 aliphatic carbocycles. The number of amides is 2. The number of hydrogen-bond donors (Lipinski definition) is 3. The summed E-state index contributed by atoms with van der Waals surface area (Å²) in [7, 11) is 0. The lowest BCUT2D eigenvalue weighted by molar-refractivity contribution is -0.136. The van der Waals surface area contributed by atoms with Crippen molar-refractivity contribution in [3.8, 4) is 5.69 Å². The molecule has 6 aromatic rings. The van der Waals surface area contributed by atoms with E-state index in [0.717, 1.165) is 70.1 Å². The summed E-state index contributed by atoms with van der Waals surface area (Å²) in [6.07, 6.45) is 8.14. The molecule has 0 atom stereocenters. The lowest BCUT2D eigenvalue weighted by Crippen LogP contribution is -2.22. The second kappa shape index (κ2) is 11.1. The highest BCUT2D eigenvalue weighted by molar-refractivity contribution is 6.50. The van der Waals surface area contributed by atoms with Gasteiger partial charge in [-0.05, 0) is 49.1 Å². The Balaban J connectivity index is 1.10. The number of benzene rings is 3. The van der Waals surface area contributed by atoms with Crippen molar-refractivity contribution in [2.24, 2.45) is 0 Å². The summed E-state index contributed by atoms with van der Waals surface area (Å²) in [6.45, 7) is 0.727. The third-order valence-corrected chi connectivity index (χ3v) is 8.03. The Kier molecular flexibility index (Phi) is 6.86. The number of nitrogens with one attached hydrogen (secondary N) is 2. The lowest BCUT2D eigenvalue weighted by atomic mass is 9.95. The predicted molar refractivity (Wildman–Crippen MR) is 166 cm³/mol. The zero-order chi connectivity index (χ0) is 30.2. The summed E-state index contributed by atoms with van der Waals surface area (Å²) >= 11 is 0. The number of fused-ring (bicyclic) bond motifs is 2. The second-order valence-electron chi connectivity index (χ2n) is 10.9. The van der Waals surface area contributed by atoms with Gasteiger partial charge >= 0.3 is 5.97 Å². The molecule has 10 heteroatoms. The van der Waals surface area contributed by atoms with Crippen LogP contribution in [0.25, 0.3) is 38.6 Å². The maximum atomic E-state index is 13.2. The van der Waals surface area contributed by atoms with Crippen molar-refractivity contribution < 1.29 is 19.5 Å². The third-order valence-electron chi connectivity index (χ3n) is 8.03. The first-order valence-electron chi connectivity index (χ1n) is 14.4. The van der Waals surface area contributed by atoms with Crippen LogP contribution in [0.15, 0.2) is 91.4 Å². The molecule has 4 heterocycles. The van der Waals surface area contributed by atoms with Gasteiger partial charge in [-0.2, -0.15) is 0 Å². The number of rotatable bonds is 10. The molecule has 3 aromatic heterocycles. The molecule has 0 fully saturated rings. The van der Waals surface area contributed by atoms with Crippen LogP contribution in [0.2, 0.25) is 0 Å². The smallest absolute Gasteiger partial charge is 0.307 e. The van der Waals surface area contributed by atoms with Crippen LogP contribution in [-0.4, -0.2) is 47.4 Å². The van der Waals surface area contributed by atoms with Crippen molar-refractivity contribution >= 4 is 50.7 Å². The quantitative estimate of drug-likeness (QED) is 0.155. The summed E-state index contributed by atoms with van der Waals surface area (Å²) in [5.41, 5.74) is 6.54. The number of aromatic nitrogens is 5. The fourth-order valence-electron chi connectivity index (χ4n) is 5.95. The van der Waals surface area contributed by atoms with Gasteiger partial charge in [-0.1, -0.05) is 53.7 Å². The van der Waals surface area contributed by atoms with Gasteiger partial charge in [0.2, 0.25) is 0 Å². The number of unbranched alkanes of at least 4 members (excludes halogenated alkanes) is 1. The van der Waals surface area contributed by atoms with Gasteiger partial charge in [-0.15, -0.1) is 5.10 Å². The van der Waals surface area contributed by atoms with E-state index >= 15 is 0 Å². The zero-order valence-corrected chi connectivity index (χ0v) is 23.7. The van der Waals surface area contributed by atoms with Gasteiger partial charge in [0.1, 0.15) is 0 Å². The molecular formula is C34H28N6O4. The number of carbonyl (C=O) groups excluding carboxylic acids is 2. The van der Waals surface area contributed by atoms with E-state index in [-0.39, 0.29) is 6.42 Å². The summed E-state index contributed by atoms with van der Waals surface area (Å²) in [5, 5.41) is 21.8. The Morgan fingerprint density at radius 2 is 1.55 bits per heavy atom. The maximum absolute atomic E-state index is 13.2. The fraction of sp³-hybridized carbons (Fsp3) is 0.147. The number of hydrogen-bond acceptors (Lipinski definition) is 5. The number of carboxylic acids is 1. The third kappa shape index (κ3) is 4.96. The summed E-state index contributed by atoms with van der Waals surface area (Å²) in [6, 6.07) is 22.9. The fourth-order valence-corrected chi connectivity index (χ4v) is 5.95. The highest BCUT2D eigenvalue weighted by atomic mass is 16.4. The van der Waals surface area contributed by atoms with Gasteiger partial charge in [-0.3, -0.25) is 19.7 Å². The molecule has 0 spiro atoms. The molecule has 3 aromatic carbocycles. The highest BCUT2D eigenvalue weighted by Crippen LogP contribution is 2.38. The van der Waals surface area contributed by atoms with Crippen LogP contribution in [0, 0.1) is 0 Å². The minimum Gasteiger partial charge on any atom is -0.481 e. The Bertz CT molecular complexity index is 2100. The van der Waals surface area contributed by atoms with Gasteiger partial charge in [-0.25, -0.2) is 4.68 Å². The van der Waals surface area contributed by atoms with E-state index in [9.17, 15) is 14.4 Å². The van der Waals surface area contributed by atoms with E-state index in [1.54, 1.807) is 23.0 Å². The molecule has 10 nitrogen and oxygen atoms in total. The number of carboxylic acid groups (broad SMARTS) is 1. The Morgan fingerprint density at radius 3 is 2.34 bits per heavy atom. The van der Waals surface area contributed by atoms with Crippen LogP contribution < -0.4 is 5.32 Å². The van der Waals surface area contributed by atoms with Crippen molar-refractivity contribution in [3.63, 3.8) is 0 Å². The molecule has 218 valence electrons. The molecule has 44 heavy (non-hydrogen) atoms. The molecule has 1 aliphatic rings. The molecular weight excluding hydrogens is 556 g/mol. The van der Waals surface area contributed by atoms with E-state index in [1.165, 1.54) is 0 Å². The first kappa shape index (κ1) is 27.1. The Labute approximate surface area is 251 Å². The number of aliphatic carboxylic acids is 1. The van der Waals surface area contributed by atoms with Crippen molar-refractivity contribution in [1.82, 2.24) is 29.9 Å². The molecule has 2 amide bonds. The molecule has 0 saturated carbocycles. The molecule has 3 N–H and O–H groups in total. The molecule has 1 aliphatic heterocycles. The van der Waals surface area contributed by atoms with Gasteiger partial charge < -0.3 is 14.7 Å². The number of para-hydroxylation sites is 2. The molecule has 0 radical (unpaired) electrons. The average Bonchev–Trinajstić information content (AvgIpc) is 3.80. The zero-order valence-electron chi connectivity index (χ0n) is 23.7. The minimum absolute atomic E-state index is 0.0186. The van der Waals surface area contributed by atoms with E-state index in [2.05, 4.69) is 25.2 Å². The molecule has 0 saturated heterocycles. The van der Waals surface area contributed by atoms with Gasteiger partial charge in [0.05, 0.1) is 35.1 Å². The normalized spacial score (nSPS) is 13.4. The average molecular weight is 585 g/mol. The van der Waals surface area contributed by atoms with Gasteiger partial charge in [0.25, 0.3) is 11.8 Å². The molecule has 7 rings (SSSR count).